The predicted molar refractivity (Wildman–Crippen MR) is 240 cm³/mol. The van der Waals surface area contributed by atoms with Crippen molar-refractivity contribution in [2.45, 2.75) is 85.6 Å². The minimum absolute atomic E-state index is 0.0226. The van der Waals surface area contributed by atoms with E-state index < -0.39 is 132 Å². The molecule has 0 radical (unpaired) electrons. The van der Waals surface area contributed by atoms with E-state index in [2.05, 4.69) is 10.4 Å². The van der Waals surface area contributed by atoms with Gasteiger partial charge in [0.1, 0.15) is 29.0 Å². The number of carbonyl (C=O) groups is 3. The predicted octanol–water partition coefficient (Wildman–Crippen LogP) is 6.04. The second-order valence-corrected chi connectivity index (χ2v) is 16.6. The third-order valence-electron chi connectivity index (χ3n) is 12.1. The van der Waals surface area contributed by atoms with Crippen molar-refractivity contribution >= 4 is 57.4 Å². The maximum Gasteiger partial charge on any atom is 0.312 e. The molecule has 0 aliphatic carbocycles. The average molecular weight is 920 g/mol. The van der Waals surface area contributed by atoms with Gasteiger partial charge in [-0.3, -0.25) is 39.6 Å². The van der Waals surface area contributed by atoms with Crippen LogP contribution in [0, 0.1) is 50.8 Å². The van der Waals surface area contributed by atoms with Crippen LogP contribution >= 0.6 is 0 Å². The van der Waals surface area contributed by atoms with Crippen molar-refractivity contribution in [2.75, 3.05) is 24.5 Å². The smallest absolute Gasteiger partial charge is 0.312 e. The summed E-state index contributed by atoms with van der Waals surface area (Å²) < 4.78 is 23.4. The van der Waals surface area contributed by atoms with Gasteiger partial charge in [0.25, 0.3) is 17.4 Å². The number of phenolic OH excluding ortho intramolecular Hbond substituents is 3. The molecule has 0 fully saturated rings. The zero-order valence-corrected chi connectivity index (χ0v) is 37.8. The van der Waals surface area contributed by atoms with Gasteiger partial charge in [-0.15, -0.1) is 0 Å². The van der Waals surface area contributed by atoms with Crippen LogP contribution in [-0.4, -0.2) is 104 Å². The number of hydrogen-bond donors (Lipinski definition) is 6. The SMILES string of the molecule is CO[C@@H]1C=CO[C@@]2(C)Oc3c(C)c(O)c4c(O)c(c(C=NN(C)c5ccc([N+](=O)[O-])cc5[N+](=O)[O-])c(O)c4c3C2=O)NC(=O)C(C)=CC=C[C@H](C)[C@H](O)[C@H](C)[C@H](O)[C@H](C)[C@H](OC(C)=O)[C@H]1C. The van der Waals surface area contributed by atoms with Crippen LogP contribution in [0.1, 0.15) is 70.0 Å². The first-order chi connectivity index (χ1) is 30.9. The van der Waals surface area contributed by atoms with Crippen LogP contribution in [0.5, 0.6) is 23.0 Å². The summed E-state index contributed by atoms with van der Waals surface area (Å²) in [5.74, 6) is -9.93. The van der Waals surface area contributed by atoms with Crippen LogP contribution in [0.4, 0.5) is 22.7 Å². The summed E-state index contributed by atoms with van der Waals surface area (Å²) in [4.78, 5) is 62.4. The Morgan fingerprint density at radius 1 is 0.955 bits per heavy atom. The number of Topliss-reactive ketones (excluding diaryl/α,β-unsaturated/α-hetero) is 1. The van der Waals surface area contributed by atoms with Gasteiger partial charge in [0.15, 0.2) is 5.75 Å². The Bertz CT molecular complexity index is 2590. The fourth-order valence-corrected chi connectivity index (χ4v) is 8.12. The second kappa shape index (κ2) is 19.6. The number of ketones is 1. The molecule has 21 heteroatoms. The standard InChI is InChI=1S/C45H53N5O16/c1-20-12-11-13-21(2)44(58)47-35-28(19-46-48(9)29-15-14-27(49(59)60)18-30(29)50(61)62)39(55)32-33(40(35)56)38(54)25(6)42-34(32)43(57)45(8,66-42)64-17-16-31(63-10)22(3)41(65-26(7)51)24(5)37(53)23(4)36(20)52/h11-20,22-24,31,36-37,41,52-56H,1-10H3,(H,47,58)/t20-,22-,23-,24-,31+,36-,37-,41+,45-/m0/s1. The maximum absolute atomic E-state index is 14.5. The van der Waals surface area contributed by atoms with Crippen LogP contribution in [0.25, 0.3) is 10.8 Å². The van der Waals surface area contributed by atoms with E-state index in [0.29, 0.717) is 0 Å². The van der Waals surface area contributed by atoms with E-state index in [9.17, 15) is 60.1 Å². The number of non-ortho nitro benzene ring substituents is 1. The third-order valence-corrected chi connectivity index (χ3v) is 12.1. The molecule has 3 aliphatic rings. The quantitative estimate of drug-likeness (QED) is 0.0393. The lowest BCUT2D eigenvalue weighted by Gasteiger charge is -2.38. The number of allylic oxidation sites excluding steroid dienone is 2. The van der Waals surface area contributed by atoms with Gasteiger partial charge >= 0.3 is 17.4 Å². The third kappa shape index (κ3) is 9.49. The second-order valence-electron chi connectivity index (χ2n) is 16.6. The van der Waals surface area contributed by atoms with E-state index in [0.717, 1.165) is 35.7 Å². The molecule has 3 heterocycles. The number of aromatic hydroxyl groups is 3. The van der Waals surface area contributed by atoms with Crippen LogP contribution in [0.3, 0.4) is 0 Å². The van der Waals surface area contributed by atoms with Crippen molar-refractivity contribution in [3.63, 3.8) is 0 Å². The van der Waals surface area contributed by atoms with Gasteiger partial charge in [0, 0.05) is 74.3 Å². The molecule has 66 heavy (non-hydrogen) atoms. The number of aliphatic hydroxyl groups is 2. The number of nitro groups is 2. The molecule has 3 aliphatic heterocycles. The van der Waals surface area contributed by atoms with Crippen molar-refractivity contribution in [1.82, 2.24) is 0 Å². The van der Waals surface area contributed by atoms with Gasteiger partial charge in [-0.2, -0.15) is 5.10 Å². The molecule has 21 nitrogen and oxygen atoms in total. The van der Waals surface area contributed by atoms with E-state index in [1.807, 2.05) is 0 Å². The fourth-order valence-electron chi connectivity index (χ4n) is 8.12. The lowest BCUT2D eigenvalue weighted by molar-refractivity contribution is -0.393. The normalized spacial score (nSPS) is 26.2. The highest BCUT2D eigenvalue weighted by Crippen LogP contribution is 2.55. The molecule has 354 valence electrons. The van der Waals surface area contributed by atoms with Gasteiger partial charge in [0.05, 0.1) is 68.9 Å². The average Bonchev–Trinajstić information content (AvgIpc) is 3.53. The number of fused-ring (bicyclic) bond motifs is 14. The summed E-state index contributed by atoms with van der Waals surface area (Å²) in [5, 5.41) is 88.7. The number of esters is 1. The largest absolute Gasteiger partial charge is 0.507 e. The molecule has 0 unspecified atom stereocenters. The van der Waals surface area contributed by atoms with E-state index in [1.54, 1.807) is 33.8 Å². The molecule has 0 spiro atoms. The molecular weight excluding hydrogens is 867 g/mol. The molecular formula is C45H53N5O16. The first-order valence-electron chi connectivity index (χ1n) is 20.7. The van der Waals surface area contributed by atoms with Crippen molar-refractivity contribution < 1.29 is 68.7 Å². The van der Waals surface area contributed by atoms with E-state index in [-0.39, 0.29) is 28.1 Å². The number of nitro benzene ring substituents is 2. The fraction of sp³-hybridized carbons (Fsp3) is 0.422. The Morgan fingerprint density at radius 2 is 1.62 bits per heavy atom. The Balaban J connectivity index is 1.75. The topological polar surface area (TPSA) is 303 Å². The summed E-state index contributed by atoms with van der Waals surface area (Å²) in [7, 11) is 2.63. The molecule has 0 saturated carbocycles. The minimum atomic E-state index is -2.19. The number of rotatable bonds is 7. The molecule has 0 saturated heterocycles. The molecule has 5 bridgehead atoms. The molecule has 3 aromatic carbocycles. The van der Waals surface area contributed by atoms with Crippen LogP contribution in [0.2, 0.25) is 0 Å². The Labute approximate surface area is 378 Å². The monoisotopic (exact) mass is 919 g/mol. The number of phenols is 3. The van der Waals surface area contributed by atoms with Crippen molar-refractivity contribution in [1.29, 1.82) is 0 Å². The first kappa shape index (κ1) is 49.9. The zero-order valence-electron chi connectivity index (χ0n) is 37.8. The van der Waals surface area contributed by atoms with Crippen LogP contribution in [-0.2, 0) is 23.8 Å². The molecule has 6 N–H and O–H groups in total. The lowest BCUT2D eigenvalue weighted by Crippen LogP contribution is -2.46. The summed E-state index contributed by atoms with van der Waals surface area (Å²) >= 11 is 0. The van der Waals surface area contributed by atoms with Crippen molar-refractivity contribution in [2.24, 2.45) is 28.8 Å². The number of nitrogens with zero attached hydrogens (tertiary/aromatic N) is 4. The molecule has 1 amide bonds. The van der Waals surface area contributed by atoms with E-state index in [1.165, 1.54) is 60.1 Å². The van der Waals surface area contributed by atoms with Gasteiger partial charge in [0.2, 0.25) is 0 Å². The Kier molecular flexibility index (Phi) is 14.8. The number of nitrogens with one attached hydrogen (secondary N) is 1. The lowest BCUT2D eigenvalue weighted by atomic mass is 9.78. The number of hydrogen-bond acceptors (Lipinski definition) is 18. The molecule has 6 rings (SSSR count). The highest BCUT2D eigenvalue weighted by Gasteiger charge is 2.50. The van der Waals surface area contributed by atoms with Gasteiger partial charge < -0.3 is 49.8 Å². The summed E-state index contributed by atoms with van der Waals surface area (Å²) in [5.41, 5.74) is -2.92. The number of methoxy groups -OCH3 is 1. The van der Waals surface area contributed by atoms with Crippen LogP contribution in [0.15, 0.2) is 59.4 Å². The number of ether oxygens (including phenoxy) is 4. The van der Waals surface area contributed by atoms with Gasteiger partial charge in [-0.05, 0) is 26.0 Å². The Hall–Kier alpha value is -7.10. The summed E-state index contributed by atoms with van der Waals surface area (Å²) in [6, 6.07) is 2.80. The van der Waals surface area contributed by atoms with Gasteiger partial charge in [-0.25, -0.2) is 0 Å². The minimum Gasteiger partial charge on any atom is -0.507 e. The number of anilines is 2. The zero-order chi connectivity index (χ0) is 49.3. The maximum atomic E-state index is 14.5. The molecule has 9 atom stereocenters. The highest BCUT2D eigenvalue weighted by atomic mass is 16.7. The molecule has 3 aromatic rings. The number of aliphatic hydroxyl groups excluding tert-OH is 2. The number of benzene rings is 3. The van der Waals surface area contributed by atoms with Crippen molar-refractivity contribution in [3.8, 4) is 23.0 Å². The Morgan fingerprint density at radius 3 is 2.23 bits per heavy atom. The van der Waals surface area contributed by atoms with E-state index >= 15 is 0 Å². The summed E-state index contributed by atoms with van der Waals surface area (Å²) in [6.45, 7) is 12.0. The van der Waals surface area contributed by atoms with Crippen molar-refractivity contribution in [3.05, 3.63) is 91.3 Å². The number of carbonyl (C=O) groups excluding carboxylic acids is 3. The number of hydrazone groups is 1. The first-order valence-corrected chi connectivity index (χ1v) is 20.7. The summed E-state index contributed by atoms with van der Waals surface area (Å²) in [6.07, 6.45) is 3.71. The number of amides is 1. The molecule has 0 aromatic heterocycles. The van der Waals surface area contributed by atoms with Gasteiger partial charge in [-0.1, -0.05) is 45.9 Å². The van der Waals surface area contributed by atoms with Crippen LogP contribution < -0.4 is 15.1 Å². The highest BCUT2D eigenvalue weighted by molar-refractivity contribution is 6.24. The van der Waals surface area contributed by atoms with E-state index in [4.69, 9.17) is 18.9 Å².